The second-order valence-corrected chi connectivity index (χ2v) is 4.14. The summed E-state index contributed by atoms with van der Waals surface area (Å²) in [7, 11) is 0. The highest BCUT2D eigenvalue weighted by atomic mass is 16.5. The summed E-state index contributed by atoms with van der Waals surface area (Å²) in [5.41, 5.74) is 5.49. The highest BCUT2D eigenvalue weighted by Crippen LogP contribution is 2.18. The van der Waals surface area contributed by atoms with Crippen molar-refractivity contribution in [3.63, 3.8) is 0 Å². The fraction of sp³-hybridized carbons (Fsp3) is 0.636. The number of nitrogens with two attached hydrogens (primary N) is 1. The summed E-state index contributed by atoms with van der Waals surface area (Å²) in [5, 5.41) is 2.84. The lowest BCUT2D eigenvalue weighted by Crippen LogP contribution is -2.36. The molecular weight excluding hydrogens is 220 g/mol. The Bertz CT molecular complexity index is 352. The van der Waals surface area contributed by atoms with Crippen molar-refractivity contribution in [2.45, 2.75) is 31.5 Å². The highest BCUT2D eigenvalue weighted by molar-refractivity contribution is 5.81. The number of aromatic amines is 1. The number of aromatic nitrogens is 2. The molecule has 2 unspecified atom stereocenters. The van der Waals surface area contributed by atoms with Crippen LogP contribution in [0.5, 0.6) is 0 Å². The molecule has 0 aromatic carbocycles. The Labute approximate surface area is 99.9 Å². The number of hydrogen-bond acceptors (Lipinski definition) is 4. The Morgan fingerprint density at radius 2 is 2.53 bits per heavy atom. The normalized spacial score (nSPS) is 23.8. The number of carbonyl (C=O) groups excluding carboxylic acids is 1. The van der Waals surface area contributed by atoms with Crippen molar-refractivity contribution >= 4 is 5.91 Å². The standard InChI is InChI=1S/C11H18N4O2/c12-7-8-1-2-9(17-8)11(16)15-4-3-10-13-5-6-14-10/h5-6,8-9H,1-4,7,12H2,(H,13,14)(H,15,16). The quantitative estimate of drug-likeness (QED) is 0.649. The van der Waals surface area contributed by atoms with E-state index in [0.29, 0.717) is 19.5 Å². The molecule has 0 aliphatic carbocycles. The van der Waals surface area contributed by atoms with Crippen LogP contribution >= 0.6 is 0 Å². The van der Waals surface area contributed by atoms with Crippen molar-refractivity contribution in [3.8, 4) is 0 Å². The topological polar surface area (TPSA) is 93.0 Å². The van der Waals surface area contributed by atoms with Crippen molar-refractivity contribution in [2.75, 3.05) is 13.1 Å². The smallest absolute Gasteiger partial charge is 0.249 e. The first-order valence-corrected chi connectivity index (χ1v) is 5.91. The van der Waals surface area contributed by atoms with E-state index >= 15 is 0 Å². The molecule has 17 heavy (non-hydrogen) atoms. The highest BCUT2D eigenvalue weighted by Gasteiger charge is 2.29. The van der Waals surface area contributed by atoms with Gasteiger partial charge in [-0.15, -0.1) is 0 Å². The monoisotopic (exact) mass is 238 g/mol. The van der Waals surface area contributed by atoms with Gasteiger partial charge in [0.15, 0.2) is 0 Å². The predicted octanol–water partition coefficient (Wildman–Crippen LogP) is -0.425. The van der Waals surface area contributed by atoms with E-state index in [-0.39, 0.29) is 18.1 Å². The maximum Gasteiger partial charge on any atom is 0.249 e. The molecule has 1 fully saturated rings. The first-order valence-electron chi connectivity index (χ1n) is 5.91. The fourth-order valence-corrected chi connectivity index (χ4v) is 1.92. The summed E-state index contributed by atoms with van der Waals surface area (Å²) in [6, 6.07) is 0. The van der Waals surface area contributed by atoms with Gasteiger partial charge in [-0.2, -0.15) is 0 Å². The van der Waals surface area contributed by atoms with E-state index < -0.39 is 0 Å². The average Bonchev–Trinajstić information content (AvgIpc) is 2.99. The molecule has 1 saturated heterocycles. The van der Waals surface area contributed by atoms with Gasteiger partial charge >= 0.3 is 0 Å². The van der Waals surface area contributed by atoms with Crippen LogP contribution in [0.4, 0.5) is 0 Å². The minimum absolute atomic E-state index is 0.0378. The molecule has 1 aliphatic heterocycles. The van der Waals surface area contributed by atoms with Crippen LogP contribution in [0.3, 0.4) is 0 Å². The van der Waals surface area contributed by atoms with Gasteiger partial charge in [0.2, 0.25) is 5.91 Å². The van der Waals surface area contributed by atoms with Gasteiger partial charge in [-0.05, 0) is 12.8 Å². The molecule has 2 rings (SSSR count). The van der Waals surface area contributed by atoms with Crippen LogP contribution in [0.25, 0.3) is 0 Å². The van der Waals surface area contributed by atoms with Crippen molar-refractivity contribution < 1.29 is 9.53 Å². The van der Waals surface area contributed by atoms with E-state index in [1.54, 1.807) is 12.4 Å². The van der Waals surface area contributed by atoms with Crippen LogP contribution in [0, 0.1) is 0 Å². The van der Waals surface area contributed by atoms with Crippen LogP contribution in [-0.4, -0.2) is 41.2 Å². The molecular formula is C11H18N4O2. The minimum Gasteiger partial charge on any atom is -0.364 e. The molecule has 1 aromatic heterocycles. The van der Waals surface area contributed by atoms with Gasteiger partial charge < -0.3 is 20.8 Å². The van der Waals surface area contributed by atoms with E-state index in [1.165, 1.54) is 0 Å². The summed E-state index contributed by atoms with van der Waals surface area (Å²) in [6.07, 6.45) is 5.50. The maximum absolute atomic E-state index is 11.7. The van der Waals surface area contributed by atoms with Gasteiger partial charge in [0.1, 0.15) is 11.9 Å². The fourth-order valence-electron chi connectivity index (χ4n) is 1.92. The molecule has 0 bridgehead atoms. The van der Waals surface area contributed by atoms with E-state index in [2.05, 4.69) is 15.3 Å². The lowest BCUT2D eigenvalue weighted by Gasteiger charge is -2.12. The number of hydrogen-bond donors (Lipinski definition) is 3. The first kappa shape index (κ1) is 12.1. The van der Waals surface area contributed by atoms with Crippen LogP contribution in [0.2, 0.25) is 0 Å². The summed E-state index contributed by atoms with van der Waals surface area (Å²) >= 11 is 0. The maximum atomic E-state index is 11.7. The summed E-state index contributed by atoms with van der Waals surface area (Å²) in [5.74, 6) is 0.824. The van der Waals surface area contributed by atoms with Gasteiger partial charge in [-0.25, -0.2) is 4.98 Å². The largest absolute Gasteiger partial charge is 0.364 e. The third-order valence-electron chi connectivity index (χ3n) is 2.88. The van der Waals surface area contributed by atoms with Crippen molar-refractivity contribution in [1.82, 2.24) is 15.3 Å². The Kier molecular flexibility index (Phi) is 4.11. The van der Waals surface area contributed by atoms with Crippen LogP contribution < -0.4 is 11.1 Å². The minimum atomic E-state index is -0.333. The molecule has 6 nitrogen and oxygen atoms in total. The molecule has 6 heteroatoms. The number of ether oxygens (including phenoxy) is 1. The number of carbonyl (C=O) groups is 1. The Balaban J connectivity index is 1.67. The molecule has 2 atom stereocenters. The van der Waals surface area contributed by atoms with Crippen molar-refractivity contribution in [2.24, 2.45) is 5.73 Å². The van der Waals surface area contributed by atoms with Crippen LogP contribution in [0.1, 0.15) is 18.7 Å². The number of nitrogens with one attached hydrogen (secondary N) is 2. The van der Waals surface area contributed by atoms with E-state index in [0.717, 1.165) is 18.7 Å². The summed E-state index contributed by atoms with van der Waals surface area (Å²) < 4.78 is 5.50. The number of nitrogens with zero attached hydrogens (tertiary/aromatic N) is 1. The zero-order valence-corrected chi connectivity index (χ0v) is 9.69. The van der Waals surface area contributed by atoms with Gasteiger partial charge in [-0.3, -0.25) is 4.79 Å². The molecule has 4 N–H and O–H groups in total. The molecule has 0 radical (unpaired) electrons. The number of rotatable bonds is 5. The summed E-state index contributed by atoms with van der Waals surface area (Å²) in [6.45, 7) is 1.05. The van der Waals surface area contributed by atoms with E-state index in [1.807, 2.05) is 0 Å². The molecule has 1 aromatic rings. The van der Waals surface area contributed by atoms with Crippen molar-refractivity contribution in [1.29, 1.82) is 0 Å². The first-order chi connectivity index (χ1) is 8.29. The Morgan fingerprint density at radius 1 is 1.65 bits per heavy atom. The van der Waals surface area contributed by atoms with Crippen LogP contribution in [0.15, 0.2) is 12.4 Å². The third-order valence-corrected chi connectivity index (χ3v) is 2.88. The third kappa shape index (κ3) is 3.28. The van der Waals surface area contributed by atoms with Gasteiger partial charge in [0.25, 0.3) is 0 Å². The zero-order valence-electron chi connectivity index (χ0n) is 9.69. The van der Waals surface area contributed by atoms with Crippen molar-refractivity contribution in [3.05, 3.63) is 18.2 Å². The SMILES string of the molecule is NCC1CCC(C(=O)NCCc2ncc[nH]2)O1. The Hall–Kier alpha value is -1.40. The molecule has 0 saturated carbocycles. The van der Waals surface area contributed by atoms with Gasteiger partial charge in [-0.1, -0.05) is 0 Å². The lowest BCUT2D eigenvalue weighted by atomic mass is 10.2. The van der Waals surface area contributed by atoms with Gasteiger partial charge in [0.05, 0.1) is 6.10 Å². The van der Waals surface area contributed by atoms with E-state index in [9.17, 15) is 4.79 Å². The summed E-state index contributed by atoms with van der Waals surface area (Å²) in [4.78, 5) is 18.8. The molecule has 1 amide bonds. The second kappa shape index (κ2) is 5.79. The number of H-pyrrole nitrogens is 1. The molecule has 1 aliphatic rings. The Morgan fingerprint density at radius 3 is 3.18 bits per heavy atom. The number of imidazole rings is 1. The predicted molar refractivity (Wildman–Crippen MR) is 62.3 cm³/mol. The number of amides is 1. The van der Waals surface area contributed by atoms with Gasteiger partial charge in [0, 0.05) is 31.9 Å². The second-order valence-electron chi connectivity index (χ2n) is 4.14. The zero-order chi connectivity index (χ0) is 12.1. The molecule has 0 spiro atoms. The van der Waals surface area contributed by atoms with Crippen LogP contribution in [-0.2, 0) is 16.0 Å². The van der Waals surface area contributed by atoms with E-state index in [4.69, 9.17) is 10.5 Å². The molecule has 94 valence electrons. The molecule has 2 heterocycles. The lowest BCUT2D eigenvalue weighted by molar-refractivity contribution is -0.131. The average molecular weight is 238 g/mol.